The average Bonchev–Trinajstić information content (AvgIpc) is 3.28. The van der Waals surface area contributed by atoms with E-state index >= 15 is 0 Å². The van der Waals surface area contributed by atoms with E-state index < -0.39 is 15.9 Å². The fraction of sp³-hybridized carbons (Fsp3) is 0.227. The first kappa shape index (κ1) is 21.8. The number of benzene rings is 2. The number of carbonyl (C=O) groups excluding carboxylic acids is 1. The lowest BCUT2D eigenvalue weighted by Gasteiger charge is -2.28. The van der Waals surface area contributed by atoms with Crippen LogP contribution in [0.15, 0.2) is 58.8 Å². The zero-order valence-electron chi connectivity index (χ0n) is 16.8. The molecule has 0 radical (unpaired) electrons. The third-order valence-corrected chi connectivity index (χ3v) is 8.40. The summed E-state index contributed by atoms with van der Waals surface area (Å²) in [5.41, 5.74) is 2.86. The number of hydrogen-bond donors (Lipinski definition) is 1. The summed E-state index contributed by atoms with van der Waals surface area (Å²) < 4.78 is 33.4. The van der Waals surface area contributed by atoms with Crippen molar-refractivity contribution in [3.05, 3.63) is 80.5 Å². The van der Waals surface area contributed by atoms with Gasteiger partial charge in [-0.05, 0) is 47.2 Å². The van der Waals surface area contributed by atoms with Crippen LogP contribution in [0.3, 0.4) is 0 Å². The van der Waals surface area contributed by atoms with Crippen molar-refractivity contribution < 1.29 is 17.9 Å². The highest BCUT2D eigenvalue weighted by Crippen LogP contribution is 2.30. The summed E-state index contributed by atoms with van der Waals surface area (Å²) in [7, 11) is -2.27. The highest BCUT2D eigenvalue weighted by atomic mass is 35.5. The third kappa shape index (κ3) is 4.48. The Balaban J connectivity index is 1.53. The highest BCUT2D eigenvalue weighted by molar-refractivity contribution is 7.89. The van der Waals surface area contributed by atoms with Crippen LogP contribution in [0.4, 0.5) is 0 Å². The van der Waals surface area contributed by atoms with Gasteiger partial charge in [0.15, 0.2) is 0 Å². The molecule has 0 saturated carbocycles. The van der Waals surface area contributed by atoms with Crippen molar-refractivity contribution in [3.8, 4) is 5.75 Å². The maximum atomic E-state index is 13.3. The molecule has 1 aliphatic heterocycles. The summed E-state index contributed by atoms with van der Waals surface area (Å²) >= 11 is 7.15. The van der Waals surface area contributed by atoms with Gasteiger partial charge in [0, 0.05) is 30.2 Å². The maximum Gasteiger partial charge on any atom is 0.263 e. The second-order valence-corrected chi connectivity index (χ2v) is 10.4. The van der Waals surface area contributed by atoms with Gasteiger partial charge < -0.3 is 10.1 Å². The van der Waals surface area contributed by atoms with Gasteiger partial charge in [-0.1, -0.05) is 35.9 Å². The maximum absolute atomic E-state index is 13.3. The largest absolute Gasteiger partial charge is 0.496 e. The molecule has 0 saturated heterocycles. The molecule has 2 aromatic carbocycles. The first-order valence-electron chi connectivity index (χ1n) is 9.65. The van der Waals surface area contributed by atoms with Crippen molar-refractivity contribution >= 4 is 38.9 Å². The molecule has 9 heteroatoms. The molecule has 2 heterocycles. The minimum atomic E-state index is -3.80. The van der Waals surface area contributed by atoms with Gasteiger partial charge in [0.05, 0.1) is 7.11 Å². The fourth-order valence-corrected chi connectivity index (χ4v) is 6.55. The molecule has 6 nitrogen and oxygen atoms in total. The number of rotatable bonds is 6. The third-order valence-electron chi connectivity index (χ3n) is 5.23. The lowest BCUT2D eigenvalue weighted by atomic mass is 10.0. The smallest absolute Gasteiger partial charge is 0.263 e. The van der Waals surface area contributed by atoms with Crippen LogP contribution in [0.5, 0.6) is 5.75 Å². The Morgan fingerprint density at radius 1 is 1.19 bits per heavy atom. The summed E-state index contributed by atoms with van der Waals surface area (Å²) in [4.78, 5) is 13.1. The zero-order valence-corrected chi connectivity index (χ0v) is 19.2. The standard InChI is InChI=1S/C22H21ClN2O4S2/c1-29-19-7-6-18(23)12-17(19)13-24-22(26)21-20(9-11-30-21)31(27,28)25-10-8-15-4-2-3-5-16(15)14-25/h2-7,9,11-12H,8,10,13-14H2,1H3,(H,24,26). The van der Waals surface area contributed by atoms with E-state index in [0.29, 0.717) is 35.8 Å². The van der Waals surface area contributed by atoms with Crippen LogP contribution in [0.2, 0.25) is 5.02 Å². The molecule has 0 unspecified atom stereocenters. The Kier molecular flexibility index (Phi) is 6.34. The lowest BCUT2D eigenvalue weighted by molar-refractivity contribution is 0.0951. The molecule has 0 aliphatic carbocycles. The minimum Gasteiger partial charge on any atom is -0.496 e. The number of carbonyl (C=O) groups is 1. The Morgan fingerprint density at radius 3 is 2.74 bits per heavy atom. The van der Waals surface area contributed by atoms with Gasteiger partial charge in [-0.2, -0.15) is 4.31 Å². The van der Waals surface area contributed by atoms with Crippen LogP contribution in [0.25, 0.3) is 0 Å². The normalized spacial score (nSPS) is 14.1. The van der Waals surface area contributed by atoms with Gasteiger partial charge in [-0.15, -0.1) is 11.3 Å². The van der Waals surface area contributed by atoms with Crippen molar-refractivity contribution in [2.75, 3.05) is 13.7 Å². The molecule has 3 aromatic rings. The van der Waals surface area contributed by atoms with Crippen LogP contribution in [-0.2, 0) is 29.5 Å². The van der Waals surface area contributed by atoms with Crippen molar-refractivity contribution in [1.29, 1.82) is 0 Å². The lowest BCUT2D eigenvalue weighted by Crippen LogP contribution is -2.36. The monoisotopic (exact) mass is 476 g/mol. The predicted octanol–water partition coefficient (Wildman–Crippen LogP) is 4.09. The Morgan fingerprint density at radius 2 is 1.97 bits per heavy atom. The summed E-state index contributed by atoms with van der Waals surface area (Å²) in [6.07, 6.45) is 0.648. The van der Waals surface area contributed by atoms with Crippen molar-refractivity contribution in [1.82, 2.24) is 9.62 Å². The number of sulfonamides is 1. The molecule has 31 heavy (non-hydrogen) atoms. The molecular weight excluding hydrogens is 456 g/mol. The molecule has 1 N–H and O–H groups in total. The van der Waals surface area contributed by atoms with E-state index in [9.17, 15) is 13.2 Å². The number of thiophene rings is 1. The Labute approximate surface area is 190 Å². The number of amides is 1. The fourth-order valence-electron chi connectivity index (χ4n) is 3.62. The topological polar surface area (TPSA) is 75.7 Å². The molecule has 1 aromatic heterocycles. The van der Waals surface area contributed by atoms with Crippen LogP contribution in [-0.4, -0.2) is 32.3 Å². The number of halogens is 1. The van der Waals surface area contributed by atoms with Crippen molar-refractivity contribution in [2.45, 2.75) is 24.4 Å². The quantitative estimate of drug-likeness (QED) is 0.581. The van der Waals surface area contributed by atoms with Gasteiger partial charge in [0.2, 0.25) is 10.0 Å². The highest BCUT2D eigenvalue weighted by Gasteiger charge is 2.32. The number of nitrogens with one attached hydrogen (secondary N) is 1. The summed E-state index contributed by atoms with van der Waals surface area (Å²) in [6, 6.07) is 14.4. The van der Waals surface area contributed by atoms with E-state index in [4.69, 9.17) is 16.3 Å². The number of hydrogen-bond acceptors (Lipinski definition) is 5. The predicted molar refractivity (Wildman–Crippen MR) is 121 cm³/mol. The molecule has 0 bridgehead atoms. The van der Waals surface area contributed by atoms with Crippen molar-refractivity contribution in [2.24, 2.45) is 0 Å². The van der Waals surface area contributed by atoms with E-state index in [-0.39, 0.29) is 16.3 Å². The van der Waals surface area contributed by atoms with E-state index in [1.165, 1.54) is 17.5 Å². The van der Waals surface area contributed by atoms with Crippen LogP contribution >= 0.6 is 22.9 Å². The number of fused-ring (bicyclic) bond motifs is 1. The van der Waals surface area contributed by atoms with E-state index in [2.05, 4.69) is 5.32 Å². The van der Waals surface area contributed by atoms with Gasteiger partial charge in [0.1, 0.15) is 15.5 Å². The second kappa shape index (κ2) is 9.00. The van der Waals surface area contributed by atoms with Crippen molar-refractivity contribution in [3.63, 3.8) is 0 Å². The molecule has 0 spiro atoms. The van der Waals surface area contributed by atoms with E-state index in [0.717, 1.165) is 22.5 Å². The van der Waals surface area contributed by atoms with E-state index in [1.807, 2.05) is 24.3 Å². The van der Waals surface area contributed by atoms with Gasteiger partial charge in [-0.25, -0.2) is 8.42 Å². The van der Waals surface area contributed by atoms with Crippen LogP contribution < -0.4 is 10.1 Å². The molecule has 0 fully saturated rings. The van der Waals surface area contributed by atoms with E-state index in [1.54, 1.807) is 23.6 Å². The first-order valence-corrected chi connectivity index (χ1v) is 12.3. The Hall–Kier alpha value is -2.39. The first-order chi connectivity index (χ1) is 14.9. The molecule has 1 aliphatic rings. The molecule has 1 amide bonds. The zero-order chi connectivity index (χ0) is 22.0. The number of ether oxygens (including phenoxy) is 1. The summed E-state index contributed by atoms with van der Waals surface area (Å²) in [5, 5.41) is 4.93. The van der Waals surface area contributed by atoms with Crippen LogP contribution in [0.1, 0.15) is 26.4 Å². The summed E-state index contributed by atoms with van der Waals surface area (Å²) in [6.45, 7) is 0.849. The minimum absolute atomic E-state index is 0.0347. The molecule has 162 valence electrons. The van der Waals surface area contributed by atoms with Gasteiger partial charge in [-0.3, -0.25) is 4.79 Å². The van der Waals surface area contributed by atoms with Gasteiger partial charge in [0.25, 0.3) is 5.91 Å². The second-order valence-electron chi connectivity index (χ2n) is 7.11. The molecular formula is C22H21ClN2O4S2. The molecule has 4 rings (SSSR count). The average molecular weight is 477 g/mol. The summed E-state index contributed by atoms with van der Waals surface area (Å²) in [5.74, 6) is 0.142. The Bertz CT molecular complexity index is 1220. The number of nitrogens with zero attached hydrogens (tertiary/aromatic N) is 1. The van der Waals surface area contributed by atoms with Crippen LogP contribution in [0, 0.1) is 0 Å². The number of methoxy groups -OCH3 is 1. The van der Waals surface area contributed by atoms with Gasteiger partial charge >= 0.3 is 0 Å². The SMILES string of the molecule is COc1ccc(Cl)cc1CNC(=O)c1sccc1S(=O)(=O)N1CCc2ccccc2C1. The molecule has 0 atom stereocenters.